The van der Waals surface area contributed by atoms with E-state index in [1.807, 2.05) is 19.2 Å². The van der Waals surface area contributed by atoms with Gasteiger partial charge in [0, 0.05) is 24.4 Å². The van der Waals surface area contributed by atoms with Gasteiger partial charge in [0.25, 0.3) is 0 Å². The maximum atomic E-state index is 8.81. The third kappa shape index (κ3) is 3.28. The summed E-state index contributed by atoms with van der Waals surface area (Å²) < 4.78 is 0. The van der Waals surface area contributed by atoms with Crippen molar-refractivity contribution in [1.82, 2.24) is 9.88 Å². The minimum Gasteiger partial charge on any atom is -0.302 e. The highest BCUT2D eigenvalue weighted by molar-refractivity contribution is 5.10. The summed E-state index contributed by atoms with van der Waals surface area (Å²) in [5.74, 6) is 0.742. The standard InChI is InChI=1S/C14H19N3/c1-12(10-15)11-17-8-5-13(6-9-17)14-4-2-3-7-16-14/h2-4,7,12-13H,5-6,8-9,11H2,1H3. The van der Waals surface area contributed by atoms with Gasteiger partial charge in [-0.15, -0.1) is 0 Å². The molecule has 0 radical (unpaired) electrons. The molecule has 1 aromatic rings. The van der Waals surface area contributed by atoms with Crippen LogP contribution in [0.5, 0.6) is 0 Å². The number of nitrogens with zero attached hydrogens (tertiary/aromatic N) is 3. The van der Waals surface area contributed by atoms with Crippen LogP contribution >= 0.6 is 0 Å². The molecule has 1 unspecified atom stereocenters. The fraction of sp³-hybridized carbons (Fsp3) is 0.571. The molecule has 0 saturated carbocycles. The molecule has 0 spiro atoms. The zero-order chi connectivity index (χ0) is 12.1. The molecule has 0 aromatic carbocycles. The number of nitriles is 1. The van der Waals surface area contributed by atoms with E-state index in [1.54, 1.807) is 0 Å². The summed E-state index contributed by atoms with van der Waals surface area (Å²) in [5, 5.41) is 8.81. The maximum absolute atomic E-state index is 8.81. The van der Waals surface area contributed by atoms with Crippen molar-refractivity contribution in [2.45, 2.75) is 25.7 Å². The Hall–Kier alpha value is -1.40. The van der Waals surface area contributed by atoms with Crippen LogP contribution in [-0.2, 0) is 0 Å². The lowest BCUT2D eigenvalue weighted by molar-refractivity contribution is 0.198. The summed E-state index contributed by atoms with van der Waals surface area (Å²) in [6.07, 6.45) is 4.20. The summed E-state index contributed by atoms with van der Waals surface area (Å²) in [4.78, 5) is 6.83. The Bertz CT molecular complexity index is 374. The number of piperidine rings is 1. The molecule has 0 amide bonds. The first-order valence-corrected chi connectivity index (χ1v) is 6.32. The first kappa shape index (κ1) is 12.1. The van der Waals surface area contributed by atoms with Gasteiger partial charge in [-0.05, 0) is 45.0 Å². The fourth-order valence-electron chi connectivity index (χ4n) is 2.46. The lowest BCUT2D eigenvalue weighted by Crippen LogP contribution is -2.35. The molecule has 1 aliphatic rings. The van der Waals surface area contributed by atoms with Gasteiger partial charge < -0.3 is 4.90 Å². The highest BCUT2D eigenvalue weighted by atomic mass is 15.1. The summed E-state index contributed by atoms with van der Waals surface area (Å²) in [5.41, 5.74) is 1.22. The van der Waals surface area contributed by atoms with Gasteiger partial charge in [-0.2, -0.15) is 5.26 Å². The summed E-state index contributed by atoms with van der Waals surface area (Å²) in [7, 11) is 0. The van der Waals surface area contributed by atoms with E-state index in [0.717, 1.165) is 32.5 Å². The molecule has 0 N–H and O–H groups in total. The van der Waals surface area contributed by atoms with Crippen LogP contribution in [0.25, 0.3) is 0 Å². The van der Waals surface area contributed by atoms with Gasteiger partial charge in [-0.3, -0.25) is 4.98 Å². The monoisotopic (exact) mass is 229 g/mol. The van der Waals surface area contributed by atoms with Gasteiger partial charge in [0.15, 0.2) is 0 Å². The molecule has 2 heterocycles. The lowest BCUT2D eigenvalue weighted by Gasteiger charge is -2.32. The van der Waals surface area contributed by atoms with E-state index in [9.17, 15) is 0 Å². The largest absolute Gasteiger partial charge is 0.302 e. The van der Waals surface area contributed by atoms with Crippen LogP contribution in [-0.4, -0.2) is 29.5 Å². The molecule has 3 heteroatoms. The Morgan fingerprint density at radius 1 is 1.47 bits per heavy atom. The van der Waals surface area contributed by atoms with Crippen LogP contribution in [0.1, 0.15) is 31.4 Å². The van der Waals surface area contributed by atoms with Gasteiger partial charge in [-0.25, -0.2) is 0 Å². The third-order valence-corrected chi connectivity index (χ3v) is 3.45. The van der Waals surface area contributed by atoms with Crippen molar-refractivity contribution in [2.24, 2.45) is 5.92 Å². The Kier molecular flexibility index (Phi) is 4.11. The zero-order valence-corrected chi connectivity index (χ0v) is 10.3. The molecule has 2 rings (SSSR count). The second kappa shape index (κ2) is 5.79. The molecule has 1 saturated heterocycles. The average Bonchev–Trinajstić information content (AvgIpc) is 2.40. The third-order valence-electron chi connectivity index (χ3n) is 3.45. The normalized spacial score (nSPS) is 19.8. The minimum atomic E-state index is 0.140. The Morgan fingerprint density at radius 3 is 2.82 bits per heavy atom. The SMILES string of the molecule is CC(C#N)CN1CCC(c2ccccn2)CC1. The molecular formula is C14H19N3. The molecule has 17 heavy (non-hydrogen) atoms. The average molecular weight is 229 g/mol. The van der Waals surface area contributed by atoms with Crippen molar-refractivity contribution in [1.29, 1.82) is 5.26 Å². The lowest BCUT2D eigenvalue weighted by atomic mass is 9.92. The highest BCUT2D eigenvalue weighted by Crippen LogP contribution is 2.26. The summed E-state index contributed by atoms with van der Waals surface area (Å²) in [6, 6.07) is 8.45. The van der Waals surface area contributed by atoms with Crippen LogP contribution in [0.3, 0.4) is 0 Å². The van der Waals surface area contributed by atoms with E-state index in [-0.39, 0.29) is 5.92 Å². The van der Waals surface area contributed by atoms with Gasteiger partial charge in [-0.1, -0.05) is 6.07 Å². The van der Waals surface area contributed by atoms with E-state index in [0.29, 0.717) is 5.92 Å². The molecule has 90 valence electrons. The number of aromatic nitrogens is 1. The molecule has 1 fully saturated rings. The number of hydrogen-bond donors (Lipinski definition) is 0. The van der Waals surface area contributed by atoms with Crippen molar-refractivity contribution >= 4 is 0 Å². The van der Waals surface area contributed by atoms with Gasteiger partial charge in [0.2, 0.25) is 0 Å². The second-order valence-electron chi connectivity index (χ2n) is 4.86. The molecule has 1 aliphatic heterocycles. The van der Waals surface area contributed by atoms with Crippen molar-refractivity contribution in [3.8, 4) is 6.07 Å². The fourth-order valence-corrected chi connectivity index (χ4v) is 2.46. The van der Waals surface area contributed by atoms with E-state index in [4.69, 9.17) is 5.26 Å². The Morgan fingerprint density at radius 2 is 2.24 bits per heavy atom. The van der Waals surface area contributed by atoms with E-state index < -0.39 is 0 Å². The van der Waals surface area contributed by atoms with E-state index in [1.165, 1.54) is 5.69 Å². The maximum Gasteiger partial charge on any atom is 0.0666 e. The van der Waals surface area contributed by atoms with Crippen LogP contribution in [0, 0.1) is 17.2 Å². The van der Waals surface area contributed by atoms with E-state index in [2.05, 4.69) is 28.1 Å². The van der Waals surface area contributed by atoms with E-state index >= 15 is 0 Å². The summed E-state index contributed by atoms with van der Waals surface area (Å²) >= 11 is 0. The van der Waals surface area contributed by atoms with Gasteiger partial charge in [0.05, 0.1) is 12.0 Å². The van der Waals surface area contributed by atoms with Crippen LogP contribution in [0.4, 0.5) is 0 Å². The Balaban J connectivity index is 1.85. The molecule has 0 bridgehead atoms. The predicted molar refractivity (Wildman–Crippen MR) is 67.4 cm³/mol. The Labute approximate surface area is 103 Å². The highest BCUT2D eigenvalue weighted by Gasteiger charge is 2.21. The van der Waals surface area contributed by atoms with Crippen LogP contribution in [0.2, 0.25) is 0 Å². The van der Waals surface area contributed by atoms with Crippen LogP contribution < -0.4 is 0 Å². The number of likely N-dealkylation sites (tertiary alicyclic amines) is 1. The topological polar surface area (TPSA) is 39.9 Å². The molecule has 0 aliphatic carbocycles. The van der Waals surface area contributed by atoms with Crippen LogP contribution in [0.15, 0.2) is 24.4 Å². The van der Waals surface area contributed by atoms with Crippen molar-refractivity contribution < 1.29 is 0 Å². The number of hydrogen-bond acceptors (Lipinski definition) is 3. The van der Waals surface area contributed by atoms with Crippen molar-refractivity contribution in [3.63, 3.8) is 0 Å². The zero-order valence-electron chi connectivity index (χ0n) is 10.3. The minimum absolute atomic E-state index is 0.140. The van der Waals surface area contributed by atoms with Gasteiger partial charge in [0.1, 0.15) is 0 Å². The first-order chi connectivity index (χ1) is 8.29. The van der Waals surface area contributed by atoms with Gasteiger partial charge >= 0.3 is 0 Å². The van der Waals surface area contributed by atoms with Crippen molar-refractivity contribution in [3.05, 3.63) is 30.1 Å². The first-order valence-electron chi connectivity index (χ1n) is 6.32. The molecular weight excluding hydrogens is 210 g/mol. The smallest absolute Gasteiger partial charge is 0.0666 e. The number of pyridine rings is 1. The predicted octanol–water partition coefficient (Wildman–Crippen LogP) is 2.42. The quantitative estimate of drug-likeness (QED) is 0.799. The van der Waals surface area contributed by atoms with Crippen molar-refractivity contribution in [2.75, 3.05) is 19.6 Å². The second-order valence-corrected chi connectivity index (χ2v) is 4.86. The number of rotatable bonds is 3. The molecule has 3 nitrogen and oxygen atoms in total. The molecule has 1 aromatic heterocycles. The summed E-state index contributed by atoms with van der Waals surface area (Å²) in [6.45, 7) is 5.08. The molecule has 1 atom stereocenters.